The number of hydrogen-bond donors (Lipinski definition) is 0. The average Bonchev–Trinajstić information content (AvgIpc) is 2.00. The molecule has 0 spiro atoms. The topological polar surface area (TPSA) is 0 Å². The second-order valence-corrected chi connectivity index (χ2v) is 4.06. The summed E-state index contributed by atoms with van der Waals surface area (Å²) in [6, 6.07) is 0. The van der Waals surface area contributed by atoms with Crippen molar-refractivity contribution in [2.75, 3.05) is 0 Å². The van der Waals surface area contributed by atoms with Crippen molar-refractivity contribution in [2.24, 2.45) is 0 Å². The van der Waals surface area contributed by atoms with Gasteiger partial charge in [-0.2, -0.15) is 35.1 Å². The van der Waals surface area contributed by atoms with Crippen molar-refractivity contribution in [3.63, 3.8) is 0 Å². The summed E-state index contributed by atoms with van der Waals surface area (Å²) in [6.07, 6.45) is 0. The molecule has 0 aromatic carbocycles. The van der Waals surface area contributed by atoms with Crippen LogP contribution in [0.1, 0.15) is 6.92 Å². The molecule has 0 saturated heterocycles. The number of hydrogen-bond acceptors (Lipinski definition) is 0. The lowest BCUT2D eigenvalue weighted by atomic mass is 10.0. The first-order valence-electron chi connectivity index (χ1n) is 3.49. The van der Waals surface area contributed by atoms with Crippen LogP contribution < -0.4 is 0 Å². The maximum atomic E-state index is 12.6. The van der Waals surface area contributed by atoms with Crippen LogP contribution in [0.5, 0.6) is 0 Å². The van der Waals surface area contributed by atoms with Gasteiger partial charge in [-0.15, -0.1) is 0 Å². The van der Waals surface area contributed by atoms with Gasteiger partial charge in [0.05, 0.1) is 0 Å². The molecule has 0 atom stereocenters. The van der Waals surface area contributed by atoms with E-state index in [0.29, 0.717) is 0 Å². The Kier molecular flexibility index (Phi) is 4.05. The Hall–Kier alpha value is 0.0200. The minimum absolute atomic E-state index is 0.617. The van der Waals surface area contributed by atoms with Gasteiger partial charge in [0.25, 0.3) is 0 Å². The molecule has 0 nitrogen and oxygen atoms in total. The third kappa shape index (κ3) is 2.18. The normalized spacial score (nSPS) is 15.8. The van der Waals surface area contributed by atoms with Crippen molar-refractivity contribution in [3.8, 4) is 0 Å². The fourth-order valence-electron chi connectivity index (χ4n) is 0.622. The Balaban J connectivity index is 5.53. The lowest BCUT2D eigenvalue weighted by Gasteiger charge is -2.35. The number of rotatable bonds is 4. The average molecular weight is 299 g/mol. The standard InChI is InChI=1S/C6H4Cl2F8/c1-3(9,10)5(13,14)6(15,16)4(11,12)2(7)8/h2H,1H3. The van der Waals surface area contributed by atoms with E-state index in [1.165, 1.54) is 0 Å². The summed E-state index contributed by atoms with van der Waals surface area (Å²) in [4.78, 5) is -3.25. The van der Waals surface area contributed by atoms with E-state index in [9.17, 15) is 35.1 Å². The zero-order valence-corrected chi connectivity index (χ0v) is 8.87. The molecule has 0 rings (SSSR count). The van der Waals surface area contributed by atoms with E-state index in [1.54, 1.807) is 0 Å². The minimum Gasteiger partial charge on any atom is -0.200 e. The van der Waals surface area contributed by atoms with E-state index in [1.807, 2.05) is 0 Å². The molecule has 0 aromatic rings. The van der Waals surface area contributed by atoms with Gasteiger partial charge >= 0.3 is 23.7 Å². The highest BCUT2D eigenvalue weighted by Crippen LogP contribution is 2.54. The van der Waals surface area contributed by atoms with E-state index in [0.717, 1.165) is 0 Å². The largest absolute Gasteiger partial charge is 0.380 e. The van der Waals surface area contributed by atoms with Gasteiger partial charge in [0, 0.05) is 6.92 Å². The molecule has 0 aliphatic heterocycles. The predicted octanol–water partition coefficient (Wildman–Crippen LogP) is 4.35. The van der Waals surface area contributed by atoms with Gasteiger partial charge in [-0.1, -0.05) is 23.2 Å². The van der Waals surface area contributed by atoms with Crippen LogP contribution in [0.15, 0.2) is 0 Å². The van der Waals surface area contributed by atoms with Crippen LogP contribution in [0.4, 0.5) is 35.1 Å². The molecule has 0 unspecified atom stereocenters. The monoisotopic (exact) mass is 298 g/mol. The SMILES string of the molecule is CC(F)(F)C(F)(F)C(F)(F)C(F)(F)C(Cl)Cl. The van der Waals surface area contributed by atoms with Gasteiger partial charge in [0.15, 0.2) is 4.84 Å². The third-order valence-electron chi connectivity index (χ3n) is 1.64. The van der Waals surface area contributed by atoms with Gasteiger partial charge in [0.2, 0.25) is 0 Å². The zero-order valence-electron chi connectivity index (χ0n) is 7.36. The lowest BCUT2D eigenvalue weighted by molar-refractivity contribution is -0.359. The first kappa shape index (κ1) is 16.0. The van der Waals surface area contributed by atoms with E-state index in [4.69, 9.17) is 0 Å². The van der Waals surface area contributed by atoms with Crippen LogP contribution >= 0.6 is 23.2 Å². The van der Waals surface area contributed by atoms with E-state index < -0.39 is 35.5 Å². The summed E-state index contributed by atoms with van der Waals surface area (Å²) in [6.45, 7) is -0.617. The molecule has 0 aliphatic carbocycles. The Bertz CT molecular complexity index is 256. The molecule has 0 N–H and O–H groups in total. The van der Waals surface area contributed by atoms with Crippen molar-refractivity contribution in [1.82, 2.24) is 0 Å². The van der Waals surface area contributed by atoms with Crippen molar-refractivity contribution in [2.45, 2.75) is 35.5 Å². The summed E-state index contributed by atoms with van der Waals surface area (Å²) in [5, 5.41) is 0. The second-order valence-electron chi connectivity index (χ2n) is 2.96. The smallest absolute Gasteiger partial charge is 0.200 e. The molecular formula is C6H4Cl2F8. The molecule has 0 aliphatic rings. The Morgan fingerprint density at radius 3 is 1.25 bits per heavy atom. The molecule has 16 heavy (non-hydrogen) atoms. The fraction of sp³-hybridized carbons (Fsp3) is 1.00. The summed E-state index contributed by atoms with van der Waals surface area (Å²) in [7, 11) is 0. The molecule has 0 heterocycles. The van der Waals surface area contributed by atoms with Crippen LogP contribution in [-0.4, -0.2) is 28.5 Å². The number of halogens is 10. The fourth-order valence-corrected chi connectivity index (χ4v) is 0.896. The zero-order chi connectivity index (χ0) is 13.6. The molecule has 98 valence electrons. The van der Waals surface area contributed by atoms with Crippen LogP contribution in [0.25, 0.3) is 0 Å². The predicted molar refractivity (Wildman–Crippen MR) is 41.0 cm³/mol. The van der Waals surface area contributed by atoms with Crippen molar-refractivity contribution in [1.29, 1.82) is 0 Å². The summed E-state index contributed by atoms with van der Waals surface area (Å²) in [5.41, 5.74) is 0. The molecule has 0 aromatic heterocycles. The van der Waals surface area contributed by atoms with Gasteiger partial charge in [-0.3, -0.25) is 0 Å². The first-order chi connectivity index (χ1) is 6.69. The molecule has 0 radical (unpaired) electrons. The summed E-state index contributed by atoms with van der Waals surface area (Å²) >= 11 is 8.73. The molecule has 0 amide bonds. The van der Waals surface area contributed by atoms with Crippen molar-refractivity contribution in [3.05, 3.63) is 0 Å². The highest BCUT2D eigenvalue weighted by atomic mass is 35.5. The van der Waals surface area contributed by atoms with Gasteiger partial charge in [0.1, 0.15) is 0 Å². The maximum Gasteiger partial charge on any atom is 0.380 e. The highest BCUT2D eigenvalue weighted by Gasteiger charge is 2.80. The van der Waals surface area contributed by atoms with Crippen LogP contribution in [-0.2, 0) is 0 Å². The van der Waals surface area contributed by atoms with Gasteiger partial charge in [-0.25, -0.2) is 0 Å². The summed E-state index contributed by atoms with van der Waals surface area (Å²) in [5.74, 6) is -23.7. The molecule has 0 bridgehead atoms. The van der Waals surface area contributed by atoms with E-state index in [2.05, 4.69) is 23.2 Å². The van der Waals surface area contributed by atoms with Crippen LogP contribution in [0, 0.1) is 0 Å². The van der Waals surface area contributed by atoms with Crippen molar-refractivity contribution >= 4 is 23.2 Å². The molecule has 0 saturated carbocycles. The number of alkyl halides is 10. The minimum atomic E-state index is -6.38. The van der Waals surface area contributed by atoms with E-state index in [-0.39, 0.29) is 0 Å². The lowest BCUT2D eigenvalue weighted by Crippen LogP contribution is -2.63. The van der Waals surface area contributed by atoms with Crippen LogP contribution in [0.2, 0.25) is 0 Å². The molecular weight excluding hydrogens is 295 g/mol. The summed E-state index contributed by atoms with van der Waals surface area (Å²) < 4.78 is 99.4. The van der Waals surface area contributed by atoms with E-state index >= 15 is 0 Å². The van der Waals surface area contributed by atoms with Crippen molar-refractivity contribution < 1.29 is 35.1 Å². The van der Waals surface area contributed by atoms with Crippen LogP contribution in [0.3, 0.4) is 0 Å². The quantitative estimate of drug-likeness (QED) is 0.535. The van der Waals surface area contributed by atoms with Gasteiger partial charge in [-0.05, 0) is 0 Å². The first-order valence-corrected chi connectivity index (χ1v) is 4.36. The Morgan fingerprint density at radius 2 is 1.06 bits per heavy atom. The molecule has 0 fully saturated rings. The maximum absolute atomic E-state index is 12.6. The second kappa shape index (κ2) is 4.04. The third-order valence-corrected chi connectivity index (χ3v) is 2.19. The molecule has 10 heteroatoms. The highest BCUT2D eigenvalue weighted by molar-refractivity contribution is 6.45. The Morgan fingerprint density at radius 1 is 0.750 bits per heavy atom. The Labute approximate surface area is 94.5 Å². The van der Waals surface area contributed by atoms with Gasteiger partial charge < -0.3 is 0 Å².